The summed E-state index contributed by atoms with van der Waals surface area (Å²) in [7, 11) is 0. The quantitative estimate of drug-likeness (QED) is 0.931. The highest BCUT2D eigenvalue weighted by molar-refractivity contribution is 5.92. The zero-order chi connectivity index (χ0) is 13.5. The molecule has 0 spiro atoms. The van der Waals surface area contributed by atoms with E-state index in [4.69, 9.17) is 4.52 Å². The van der Waals surface area contributed by atoms with Gasteiger partial charge >= 0.3 is 0 Å². The van der Waals surface area contributed by atoms with Crippen LogP contribution in [-0.4, -0.2) is 11.1 Å². The van der Waals surface area contributed by atoms with Gasteiger partial charge < -0.3 is 9.84 Å². The van der Waals surface area contributed by atoms with Crippen molar-refractivity contribution in [3.05, 3.63) is 52.9 Å². The van der Waals surface area contributed by atoms with Crippen molar-refractivity contribution >= 4 is 5.91 Å². The Morgan fingerprint density at radius 1 is 1.25 bits per heavy atom. The summed E-state index contributed by atoms with van der Waals surface area (Å²) >= 11 is 0. The Kier molecular flexibility index (Phi) is 2.62. The van der Waals surface area contributed by atoms with Gasteiger partial charge in [-0.2, -0.15) is 0 Å². The molecule has 1 amide bonds. The Bertz CT molecular complexity index is 658. The maximum Gasteiger partial charge on any atom is 0.273 e. The number of hydrogen-bond donors (Lipinski definition) is 1. The number of nitrogens with zero attached hydrogens (tertiary/aromatic N) is 1. The predicted octanol–water partition coefficient (Wildman–Crippen LogP) is 2.97. The van der Waals surface area contributed by atoms with Crippen molar-refractivity contribution in [3.63, 3.8) is 0 Å². The Morgan fingerprint density at radius 2 is 2.10 bits per heavy atom. The van der Waals surface area contributed by atoms with Crippen LogP contribution in [0.15, 0.2) is 34.9 Å². The number of rotatable bonds is 3. The maximum absolute atomic E-state index is 12.2. The van der Waals surface area contributed by atoms with Crippen LogP contribution >= 0.6 is 0 Å². The molecule has 4 heteroatoms. The van der Waals surface area contributed by atoms with Gasteiger partial charge in [-0.1, -0.05) is 29.4 Å². The third-order valence-corrected chi connectivity index (χ3v) is 4.18. The van der Waals surface area contributed by atoms with E-state index in [1.807, 2.05) is 12.1 Å². The standard InChI is InChI=1S/C16H16N2O2/c19-16(14-9-15(20-18-14)11-5-6-11)17-13-8-7-10-3-1-2-4-12(10)13/h1-4,9,11,13H,5-8H2,(H,17,19). The van der Waals surface area contributed by atoms with Crippen LogP contribution in [-0.2, 0) is 6.42 Å². The molecule has 2 aliphatic carbocycles. The molecule has 0 aliphatic heterocycles. The third kappa shape index (κ3) is 2.01. The van der Waals surface area contributed by atoms with Crippen molar-refractivity contribution in [3.8, 4) is 0 Å². The molecule has 1 atom stereocenters. The second kappa shape index (κ2) is 4.47. The Morgan fingerprint density at radius 3 is 2.95 bits per heavy atom. The van der Waals surface area contributed by atoms with Gasteiger partial charge in [-0.25, -0.2) is 0 Å². The molecule has 1 fully saturated rings. The maximum atomic E-state index is 12.2. The summed E-state index contributed by atoms with van der Waals surface area (Å²) in [6.07, 6.45) is 4.27. The summed E-state index contributed by atoms with van der Waals surface area (Å²) in [5.74, 6) is 1.19. The van der Waals surface area contributed by atoms with Gasteiger partial charge in [-0.3, -0.25) is 4.79 Å². The van der Waals surface area contributed by atoms with Crippen molar-refractivity contribution in [2.24, 2.45) is 0 Å². The van der Waals surface area contributed by atoms with Crippen molar-refractivity contribution in [1.29, 1.82) is 0 Å². The van der Waals surface area contributed by atoms with Crippen LogP contribution in [0.25, 0.3) is 0 Å². The van der Waals surface area contributed by atoms with Gasteiger partial charge in [0.25, 0.3) is 5.91 Å². The van der Waals surface area contributed by atoms with Crippen molar-refractivity contribution in [2.75, 3.05) is 0 Å². The van der Waals surface area contributed by atoms with Crippen molar-refractivity contribution in [2.45, 2.75) is 37.6 Å². The van der Waals surface area contributed by atoms with E-state index in [1.54, 1.807) is 6.07 Å². The van der Waals surface area contributed by atoms with Gasteiger partial charge in [0, 0.05) is 12.0 Å². The number of carbonyl (C=O) groups is 1. The predicted molar refractivity (Wildman–Crippen MR) is 73.4 cm³/mol. The summed E-state index contributed by atoms with van der Waals surface area (Å²) in [6, 6.07) is 10.2. The smallest absolute Gasteiger partial charge is 0.273 e. The number of carbonyl (C=O) groups excluding carboxylic acids is 1. The number of fused-ring (bicyclic) bond motifs is 1. The third-order valence-electron chi connectivity index (χ3n) is 4.18. The molecular formula is C16H16N2O2. The minimum Gasteiger partial charge on any atom is -0.360 e. The molecule has 2 aliphatic rings. The number of hydrogen-bond acceptors (Lipinski definition) is 3. The lowest BCUT2D eigenvalue weighted by molar-refractivity contribution is 0.0927. The summed E-state index contributed by atoms with van der Waals surface area (Å²) in [5, 5.41) is 6.95. The molecule has 1 heterocycles. The molecule has 1 N–H and O–H groups in total. The number of nitrogens with one attached hydrogen (secondary N) is 1. The zero-order valence-corrected chi connectivity index (χ0v) is 11.1. The second-order valence-electron chi connectivity index (χ2n) is 5.65. The van der Waals surface area contributed by atoms with E-state index in [1.165, 1.54) is 11.1 Å². The first-order chi connectivity index (χ1) is 9.81. The van der Waals surface area contributed by atoms with Crippen molar-refractivity contribution in [1.82, 2.24) is 10.5 Å². The normalized spacial score (nSPS) is 20.7. The van der Waals surface area contributed by atoms with E-state index in [0.717, 1.165) is 31.4 Å². The molecule has 1 unspecified atom stereocenters. The van der Waals surface area contributed by atoms with Crippen LogP contribution in [0.1, 0.15) is 58.6 Å². The minimum atomic E-state index is -0.137. The van der Waals surface area contributed by atoms with Crippen LogP contribution in [0.5, 0.6) is 0 Å². The summed E-state index contributed by atoms with van der Waals surface area (Å²) in [6.45, 7) is 0. The van der Waals surface area contributed by atoms with E-state index in [2.05, 4.69) is 22.6 Å². The zero-order valence-electron chi connectivity index (χ0n) is 11.1. The van der Waals surface area contributed by atoms with Crippen LogP contribution in [0, 0.1) is 0 Å². The molecule has 2 aromatic rings. The fourth-order valence-corrected chi connectivity index (χ4v) is 2.90. The molecule has 1 aromatic heterocycles. The number of benzene rings is 1. The Balaban J connectivity index is 1.50. The van der Waals surface area contributed by atoms with E-state index >= 15 is 0 Å². The molecule has 1 saturated carbocycles. The topological polar surface area (TPSA) is 55.1 Å². The molecule has 102 valence electrons. The molecule has 0 radical (unpaired) electrons. The van der Waals surface area contributed by atoms with Gasteiger partial charge in [0.2, 0.25) is 0 Å². The molecule has 4 nitrogen and oxygen atoms in total. The number of aryl methyl sites for hydroxylation is 1. The van der Waals surface area contributed by atoms with Crippen LogP contribution < -0.4 is 5.32 Å². The van der Waals surface area contributed by atoms with Crippen molar-refractivity contribution < 1.29 is 9.32 Å². The first-order valence-corrected chi connectivity index (χ1v) is 7.16. The fraction of sp³-hybridized carbons (Fsp3) is 0.375. The van der Waals surface area contributed by atoms with Gasteiger partial charge in [0.15, 0.2) is 5.69 Å². The Hall–Kier alpha value is -2.10. The fourth-order valence-electron chi connectivity index (χ4n) is 2.90. The lowest BCUT2D eigenvalue weighted by atomic mass is 10.1. The molecule has 20 heavy (non-hydrogen) atoms. The highest BCUT2D eigenvalue weighted by Gasteiger charge is 2.30. The minimum absolute atomic E-state index is 0.0970. The molecule has 0 saturated heterocycles. The first kappa shape index (κ1) is 11.7. The van der Waals surface area contributed by atoms with E-state index in [9.17, 15) is 4.79 Å². The van der Waals surface area contributed by atoms with Gasteiger partial charge in [0.05, 0.1) is 6.04 Å². The van der Waals surface area contributed by atoms with Gasteiger partial charge in [-0.15, -0.1) is 0 Å². The molecule has 4 rings (SSSR count). The van der Waals surface area contributed by atoms with Crippen LogP contribution in [0.2, 0.25) is 0 Å². The number of aromatic nitrogens is 1. The molecule has 0 bridgehead atoms. The second-order valence-corrected chi connectivity index (χ2v) is 5.65. The van der Waals surface area contributed by atoms with E-state index in [-0.39, 0.29) is 11.9 Å². The average molecular weight is 268 g/mol. The van der Waals surface area contributed by atoms with E-state index < -0.39 is 0 Å². The summed E-state index contributed by atoms with van der Waals surface area (Å²) < 4.78 is 5.23. The highest BCUT2D eigenvalue weighted by atomic mass is 16.5. The van der Waals surface area contributed by atoms with Gasteiger partial charge in [0.1, 0.15) is 5.76 Å². The number of amides is 1. The Labute approximate surface area is 117 Å². The SMILES string of the molecule is O=C(NC1CCc2ccccc21)c1cc(C2CC2)on1. The highest BCUT2D eigenvalue weighted by Crippen LogP contribution is 2.40. The lowest BCUT2D eigenvalue weighted by Crippen LogP contribution is -2.27. The lowest BCUT2D eigenvalue weighted by Gasteiger charge is -2.12. The van der Waals surface area contributed by atoms with E-state index in [0.29, 0.717) is 11.6 Å². The molecular weight excluding hydrogens is 252 g/mol. The first-order valence-electron chi connectivity index (χ1n) is 7.16. The summed E-state index contributed by atoms with van der Waals surface area (Å²) in [4.78, 5) is 12.2. The van der Waals surface area contributed by atoms with Crippen LogP contribution in [0.3, 0.4) is 0 Å². The largest absolute Gasteiger partial charge is 0.360 e. The average Bonchev–Trinajstić information content (AvgIpc) is 3.06. The van der Waals surface area contributed by atoms with Crippen LogP contribution in [0.4, 0.5) is 0 Å². The monoisotopic (exact) mass is 268 g/mol. The molecule has 1 aromatic carbocycles. The summed E-state index contributed by atoms with van der Waals surface area (Å²) in [5.41, 5.74) is 2.96. The van der Waals surface area contributed by atoms with Gasteiger partial charge in [-0.05, 0) is 36.8 Å².